The number of ether oxygens (including phenoxy) is 1. The number of rotatable bonds is 7. The van der Waals surface area contributed by atoms with Crippen molar-refractivity contribution in [2.24, 2.45) is 0 Å². The summed E-state index contributed by atoms with van der Waals surface area (Å²) in [4.78, 5) is 0. The van der Waals surface area contributed by atoms with Gasteiger partial charge in [-0.15, -0.1) is 0 Å². The normalized spacial score (nSPS) is 13.6. The summed E-state index contributed by atoms with van der Waals surface area (Å²) < 4.78 is 5.49. The van der Waals surface area contributed by atoms with E-state index in [9.17, 15) is 0 Å². The first kappa shape index (κ1) is 16.5. The molecular formula is C16H26ClNO. The fourth-order valence-corrected chi connectivity index (χ4v) is 2.24. The van der Waals surface area contributed by atoms with Gasteiger partial charge in [-0.2, -0.15) is 0 Å². The number of methoxy groups -OCH3 is 1. The molecule has 108 valence electrons. The first-order chi connectivity index (χ1) is 8.89. The maximum absolute atomic E-state index is 6.22. The lowest BCUT2D eigenvalue weighted by molar-refractivity contribution is 0.0117. The Morgan fingerprint density at radius 3 is 2.58 bits per heavy atom. The Kier molecular flexibility index (Phi) is 6.31. The Morgan fingerprint density at radius 1 is 1.37 bits per heavy atom. The van der Waals surface area contributed by atoms with Crippen LogP contribution in [-0.2, 0) is 4.74 Å². The van der Waals surface area contributed by atoms with Gasteiger partial charge in [0.05, 0.1) is 5.60 Å². The summed E-state index contributed by atoms with van der Waals surface area (Å²) in [6, 6.07) is 6.65. The topological polar surface area (TPSA) is 21.3 Å². The van der Waals surface area contributed by atoms with Crippen molar-refractivity contribution in [3.63, 3.8) is 0 Å². The number of aryl methyl sites for hydroxylation is 1. The van der Waals surface area contributed by atoms with Gasteiger partial charge in [-0.3, -0.25) is 0 Å². The lowest BCUT2D eigenvalue weighted by Gasteiger charge is -2.26. The fraction of sp³-hybridized carbons (Fsp3) is 0.625. The third-order valence-electron chi connectivity index (χ3n) is 3.64. The Bertz CT molecular complexity index is 404. The summed E-state index contributed by atoms with van der Waals surface area (Å²) in [6.45, 7) is 9.35. The monoisotopic (exact) mass is 283 g/mol. The zero-order chi connectivity index (χ0) is 14.5. The molecule has 1 N–H and O–H groups in total. The fourth-order valence-electron chi connectivity index (χ4n) is 2.05. The van der Waals surface area contributed by atoms with Gasteiger partial charge in [0.1, 0.15) is 0 Å². The zero-order valence-electron chi connectivity index (χ0n) is 12.7. The van der Waals surface area contributed by atoms with Crippen LogP contribution in [0.15, 0.2) is 18.2 Å². The quantitative estimate of drug-likeness (QED) is 0.795. The van der Waals surface area contributed by atoms with Crippen molar-refractivity contribution < 1.29 is 4.74 Å². The molecular weight excluding hydrogens is 258 g/mol. The highest BCUT2D eigenvalue weighted by molar-refractivity contribution is 6.31. The average Bonchev–Trinajstić information content (AvgIpc) is 2.38. The van der Waals surface area contributed by atoms with Crippen molar-refractivity contribution in [3.05, 3.63) is 34.3 Å². The van der Waals surface area contributed by atoms with Crippen molar-refractivity contribution in [3.8, 4) is 0 Å². The van der Waals surface area contributed by atoms with E-state index in [1.807, 2.05) is 6.92 Å². The van der Waals surface area contributed by atoms with E-state index in [0.717, 1.165) is 30.0 Å². The average molecular weight is 284 g/mol. The second-order valence-electron chi connectivity index (χ2n) is 5.62. The van der Waals surface area contributed by atoms with E-state index < -0.39 is 0 Å². The van der Waals surface area contributed by atoms with Crippen LogP contribution < -0.4 is 5.32 Å². The number of benzene rings is 1. The lowest BCUT2D eigenvalue weighted by atomic mass is 9.94. The molecule has 0 fully saturated rings. The summed E-state index contributed by atoms with van der Waals surface area (Å²) in [7, 11) is 1.77. The number of nitrogens with one attached hydrogen (secondary N) is 1. The van der Waals surface area contributed by atoms with Crippen molar-refractivity contribution in [1.29, 1.82) is 0 Å². The van der Waals surface area contributed by atoms with E-state index in [4.69, 9.17) is 16.3 Å². The highest BCUT2D eigenvalue weighted by Crippen LogP contribution is 2.27. The molecule has 0 aromatic heterocycles. The molecule has 19 heavy (non-hydrogen) atoms. The maximum Gasteiger partial charge on any atom is 0.0623 e. The molecule has 0 amide bonds. The first-order valence-electron chi connectivity index (χ1n) is 6.94. The van der Waals surface area contributed by atoms with Crippen molar-refractivity contribution >= 4 is 11.6 Å². The van der Waals surface area contributed by atoms with Crippen LogP contribution in [0.4, 0.5) is 0 Å². The van der Waals surface area contributed by atoms with Crippen LogP contribution in [0.25, 0.3) is 0 Å². The van der Waals surface area contributed by atoms with Gasteiger partial charge in [0.2, 0.25) is 0 Å². The lowest BCUT2D eigenvalue weighted by Crippen LogP contribution is -2.27. The molecule has 0 aliphatic rings. The van der Waals surface area contributed by atoms with Crippen LogP contribution in [0.2, 0.25) is 5.02 Å². The van der Waals surface area contributed by atoms with Crippen LogP contribution in [0, 0.1) is 6.92 Å². The second kappa shape index (κ2) is 7.28. The Balaban J connectivity index is 2.79. The van der Waals surface area contributed by atoms with Gasteiger partial charge in [0.25, 0.3) is 0 Å². The summed E-state index contributed by atoms with van der Waals surface area (Å²) in [5, 5.41) is 4.37. The van der Waals surface area contributed by atoms with Crippen molar-refractivity contribution in [1.82, 2.24) is 5.32 Å². The molecule has 0 radical (unpaired) electrons. The SMILES string of the molecule is CCNC(CCC(C)(C)OC)c1ccc(C)c(Cl)c1. The van der Waals surface area contributed by atoms with Crippen LogP contribution in [0.3, 0.4) is 0 Å². The van der Waals surface area contributed by atoms with E-state index in [1.54, 1.807) is 7.11 Å². The summed E-state index contributed by atoms with van der Waals surface area (Å²) in [5.74, 6) is 0. The molecule has 3 heteroatoms. The molecule has 2 nitrogen and oxygen atoms in total. The molecule has 0 saturated heterocycles. The molecule has 1 atom stereocenters. The molecule has 0 bridgehead atoms. The molecule has 0 spiro atoms. The Hall–Kier alpha value is -0.570. The van der Waals surface area contributed by atoms with E-state index in [2.05, 4.69) is 44.3 Å². The summed E-state index contributed by atoms with van der Waals surface area (Å²) >= 11 is 6.22. The molecule has 0 aliphatic heterocycles. The van der Waals surface area contributed by atoms with E-state index >= 15 is 0 Å². The van der Waals surface area contributed by atoms with Gasteiger partial charge in [0, 0.05) is 18.2 Å². The van der Waals surface area contributed by atoms with Crippen LogP contribution in [0.5, 0.6) is 0 Å². The van der Waals surface area contributed by atoms with Gasteiger partial charge >= 0.3 is 0 Å². The highest BCUT2D eigenvalue weighted by atomic mass is 35.5. The minimum absolute atomic E-state index is 0.0812. The zero-order valence-corrected chi connectivity index (χ0v) is 13.5. The highest BCUT2D eigenvalue weighted by Gasteiger charge is 2.20. The second-order valence-corrected chi connectivity index (χ2v) is 6.03. The standard InChI is InChI=1S/C16H26ClNO/c1-6-18-15(9-10-16(3,4)19-5)13-8-7-12(2)14(17)11-13/h7-8,11,15,18H,6,9-10H2,1-5H3. The molecule has 1 aromatic rings. The molecule has 1 rings (SSSR count). The maximum atomic E-state index is 6.22. The molecule has 0 heterocycles. The minimum Gasteiger partial charge on any atom is -0.379 e. The smallest absolute Gasteiger partial charge is 0.0623 e. The Labute approximate surface area is 122 Å². The molecule has 1 aromatic carbocycles. The van der Waals surface area contributed by atoms with Crippen LogP contribution >= 0.6 is 11.6 Å². The predicted octanol–water partition coefficient (Wildman–Crippen LogP) is 4.50. The Morgan fingerprint density at radius 2 is 2.05 bits per heavy atom. The van der Waals surface area contributed by atoms with Gasteiger partial charge in [-0.05, 0) is 57.4 Å². The number of hydrogen-bond donors (Lipinski definition) is 1. The van der Waals surface area contributed by atoms with Crippen LogP contribution in [0.1, 0.15) is 50.8 Å². The number of hydrogen-bond acceptors (Lipinski definition) is 2. The van der Waals surface area contributed by atoms with E-state index in [-0.39, 0.29) is 5.60 Å². The predicted molar refractivity (Wildman–Crippen MR) is 82.9 cm³/mol. The molecule has 1 unspecified atom stereocenters. The molecule has 0 aliphatic carbocycles. The largest absolute Gasteiger partial charge is 0.379 e. The van der Waals surface area contributed by atoms with Gasteiger partial charge in [-0.1, -0.05) is 30.7 Å². The third-order valence-corrected chi connectivity index (χ3v) is 4.04. The van der Waals surface area contributed by atoms with Crippen LogP contribution in [-0.4, -0.2) is 19.3 Å². The van der Waals surface area contributed by atoms with Crippen molar-refractivity contribution in [2.75, 3.05) is 13.7 Å². The minimum atomic E-state index is -0.0812. The van der Waals surface area contributed by atoms with E-state index in [0.29, 0.717) is 6.04 Å². The van der Waals surface area contributed by atoms with Crippen molar-refractivity contribution in [2.45, 2.75) is 52.2 Å². The molecule has 0 saturated carbocycles. The van der Waals surface area contributed by atoms with E-state index in [1.165, 1.54) is 5.56 Å². The van der Waals surface area contributed by atoms with Gasteiger partial charge in [-0.25, -0.2) is 0 Å². The number of halogens is 1. The third kappa shape index (κ3) is 5.13. The van der Waals surface area contributed by atoms with Gasteiger partial charge < -0.3 is 10.1 Å². The summed E-state index contributed by atoms with van der Waals surface area (Å²) in [6.07, 6.45) is 2.04. The van der Waals surface area contributed by atoms with Gasteiger partial charge in [0.15, 0.2) is 0 Å². The summed E-state index contributed by atoms with van der Waals surface area (Å²) in [5.41, 5.74) is 2.30. The first-order valence-corrected chi connectivity index (χ1v) is 7.32.